The minimum absolute atomic E-state index is 0.0572. The first-order valence-corrected chi connectivity index (χ1v) is 6.39. The predicted molar refractivity (Wildman–Crippen MR) is 58.3 cm³/mol. The zero-order valence-corrected chi connectivity index (χ0v) is 9.26. The zero-order valence-electron chi connectivity index (χ0n) is 8.44. The minimum Gasteiger partial charge on any atom is -0.321 e. The summed E-state index contributed by atoms with van der Waals surface area (Å²) >= 11 is 1.82. The van der Waals surface area contributed by atoms with Crippen LogP contribution in [-0.2, 0) is 13.0 Å². The van der Waals surface area contributed by atoms with Crippen LogP contribution in [0.25, 0.3) is 0 Å². The van der Waals surface area contributed by atoms with E-state index in [0.29, 0.717) is 0 Å². The molecule has 78 valence electrons. The standard InChI is InChI=1S/C9H16N4S/c1-14-6-4-7(10)9-12-11-8-3-2-5-13(8)9/h7H,2-6,10H2,1H3. The van der Waals surface area contributed by atoms with Crippen LogP contribution in [0.15, 0.2) is 0 Å². The van der Waals surface area contributed by atoms with E-state index >= 15 is 0 Å². The van der Waals surface area contributed by atoms with Gasteiger partial charge >= 0.3 is 0 Å². The molecule has 14 heavy (non-hydrogen) atoms. The van der Waals surface area contributed by atoms with Gasteiger partial charge in [-0.05, 0) is 24.9 Å². The largest absolute Gasteiger partial charge is 0.321 e. The van der Waals surface area contributed by atoms with E-state index in [9.17, 15) is 0 Å². The summed E-state index contributed by atoms with van der Waals surface area (Å²) in [6.45, 7) is 1.05. The average molecular weight is 212 g/mol. The van der Waals surface area contributed by atoms with Gasteiger partial charge in [0, 0.05) is 13.0 Å². The van der Waals surface area contributed by atoms with Gasteiger partial charge in [0.15, 0.2) is 0 Å². The lowest BCUT2D eigenvalue weighted by Crippen LogP contribution is -2.17. The lowest BCUT2D eigenvalue weighted by molar-refractivity contribution is 0.589. The molecule has 1 aliphatic heterocycles. The molecule has 1 atom stereocenters. The molecule has 0 radical (unpaired) electrons. The highest BCUT2D eigenvalue weighted by molar-refractivity contribution is 7.98. The highest BCUT2D eigenvalue weighted by Gasteiger charge is 2.20. The Bertz CT molecular complexity index is 310. The van der Waals surface area contributed by atoms with E-state index in [4.69, 9.17) is 5.73 Å². The van der Waals surface area contributed by atoms with Crippen LogP contribution in [0.5, 0.6) is 0 Å². The molecule has 4 nitrogen and oxygen atoms in total. The summed E-state index contributed by atoms with van der Waals surface area (Å²) in [6, 6.07) is 0.0572. The molecule has 1 unspecified atom stereocenters. The molecule has 1 aliphatic rings. The van der Waals surface area contributed by atoms with Crippen molar-refractivity contribution >= 4 is 11.8 Å². The first-order chi connectivity index (χ1) is 6.83. The summed E-state index contributed by atoms with van der Waals surface area (Å²) < 4.78 is 2.19. The average Bonchev–Trinajstić information content (AvgIpc) is 2.74. The number of nitrogens with zero attached hydrogens (tertiary/aromatic N) is 3. The molecule has 1 aromatic rings. The number of hydrogen-bond acceptors (Lipinski definition) is 4. The highest BCUT2D eigenvalue weighted by atomic mass is 32.2. The molecule has 2 rings (SSSR count). The summed E-state index contributed by atoms with van der Waals surface area (Å²) in [5.74, 6) is 3.18. The van der Waals surface area contributed by atoms with Gasteiger partial charge in [-0.3, -0.25) is 0 Å². The van der Waals surface area contributed by atoms with Crippen molar-refractivity contribution in [3.05, 3.63) is 11.6 Å². The Balaban J connectivity index is 2.08. The number of fused-ring (bicyclic) bond motifs is 1. The van der Waals surface area contributed by atoms with E-state index < -0.39 is 0 Å². The van der Waals surface area contributed by atoms with Gasteiger partial charge in [0.1, 0.15) is 11.6 Å². The van der Waals surface area contributed by atoms with Crippen molar-refractivity contribution in [3.8, 4) is 0 Å². The third kappa shape index (κ3) is 1.79. The Morgan fingerprint density at radius 2 is 2.43 bits per heavy atom. The Morgan fingerprint density at radius 1 is 1.57 bits per heavy atom. The Kier molecular flexibility index (Phi) is 3.08. The van der Waals surface area contributed by atoms with Crippen molar-refractivity contribution in [2.24, 2.45) is 5.73 Å². The lowest BCUT2D eigenvalue weighted by atomic mass is 10.2. The summed E-state index contributed by atoms with van der Waals surface area (Å²) in [6.07, 6.45) is 5.33. The van der Waals surface area contributed by atoms with Crippen molar-refractivity contribution in [1.82, 2.24) is 14.8 Å². The first-order valence-electron chi connectivity index (χ1n) is 4.99. The van der Waals surface area contributed by atoms with Gasteiger partial charge in [-0.1, -0.05) is 0 Å². The van der Waals surface area contributed by atoms with E-state index in [2.05, 4.69) is 21.0 Å². The fourth-order valence-electron chi connectivity index (χ4n) is 1.82. The molecule has 0 saturated carbocycles. The topological polar surface area (TPSA) is 56.7 Å². The van der Waals surface area contributed by atoms with Gasteiger partial charge in [-0.15, -0.1) is 10.2 Å². The number of rotatable bonds is 4. The summed E-state index contributed by atoms with van der Waals surface area (Å²) in [4.78, 5) is 0. The van der Waals surface area contributed by atoms with Crippen LogP contribution in [-0.4, -0.2) is 26.8 Å². The number of thioether (sulfide) groups is 1. The van der Waals surface area contributed by atoms with Crippen molar-refractivity contribution in [1.29, 1.82) is 0 Å². The highest BCUT2D eigenvalue weighted by Crippen LogP contribution is 2.20. The van der Waals surface area contributed by atoms with Gasteiger partial charge in [-0.25, -0.2) is 0 Å². The summed E-state index contributed by atoms with van der Waals surface area (Å²) in [7, 11) is 0. The molecule has 0 aliphatic carbocycles. The van der Waals surface area contributed by atoms with Crippen molar-refractivity contribution in [3.63, 3.8) is 0 Å². The van der Waals surface area contributed by atoms with E-state index in [0.717, 1.165) is 36.8 Å². The minimum atomic E-state index is 0.0572. The van der Waals surface area contributed by atoms with Gasteiger partial charge in [0.05, 0.1) is 6.04 Å². The Labute approximate surface area is 88.3 Å². The number of aryl methyl sites for hydroxylation is 1. The maximum atomic E-state index is 6.06. The van der Waals surface area contributed by atoms with Crippen LogP contribution in [0.2, 0.25) is 0 Å². The second-order valence-electron chi connectivity index (χ2n) is 3.62. The second-order valence-corrected chi connectivity index (χ2v) is 4.60. The number of nitrogens with two attached hydrogens (primary N) is 1. The smallest absolute Gasteiger partial charge is 0.150 e. The van der Waals surface area contributed by atoms with Crippen molar-refractivity contribution < 1.29 is 0 Å². The van der Waals surface area contributed by atoms with Gasteiger partial charge in [0.2, 0.25) is 0 Å². The van der Waals surface area contributed by atoms with Crippen LogP contribution < -0.4 is 5.73 Å². The van der Waals surface area contributed by atoms with Crippen molar-refractivity contribution in [2.45, 2.75) is 31.8 Å². The van der Waals surface area contributed by atoms with Crippen LogP contribution in [0, 0.1) is 0 Å². The predicted octanol–water partition coefficient (Wildman–Crippen LogP) is 0.977. The molecular weight excluding hydrogens is 196 g/mol. The first kappa shape index (κ1) is 9.98. The van der Waals surface area contributed by atoms with Crippen LogP contribution in [0.1, 0.15) is 30.5 Å². The molecule has 1 aromatic heterocycles. The molecule has 0 aromatic carbocycles. The monoisotopic (exact) mass is 212 g/mol. The summed E-state index contributed by atoms with van der Waals surface area (Å²) in [5.41, 5.74) is 6.06. The lowest BCUT2D eigenvalue weighted by Gasteiger charge is -2.10. The molecule has 0 fully saturated rings. The molecule has 5 heteroatoms. The van der Waals surface area contributed by atoms with E-state index in [1.54, 1.807) is 0 Å². The molecule has 0 amide bonds. The quantitative estimate of drug-likeness (QED) is 0.808. The van der Waals surface area contributed by atoms with Gasteiger partial charge < -0.3 is 10.3 Å². The third-order valence-corrected chi connectivity index (χ3v) is 3.25. The van der Waals surface area contributed by atoms with Gasteiger partial charge in [0.25, 0.3) is 0 Å². The number of aromatic nitrogens is 3. The fraction of sp³-hybridized carbons (Fsp3) is 0.778. The fourth-order valence-corrected chi connectivity index (χ4v) is 2.31. The maximum Gasteiger partial charge on any atom is 0.150 e. The SMILES string of the molecule is CSCCC(N)c1nnc2n1CCC2. The van der Waals surface area contributed by atoms with Crippen LogP contribution in [0.4, 0.5) is 0 Å². The zero-order chi connectivity index (χ0) is 9.97. The van der Waals surface area contributed by atoms with E-state index in [1.165, 1.54) is 6.42 Å². The normalized spacial score (nSPS) is 17.0. The van der Waals surface area contributed by atoms with Gasteiger partial charge in [-0.2, -0.15) is 11.8 Å². The molecule has 0 saturated heterocycles. The number of hydrogen-bond donors (Lipinski definition) is 1. The maximum absolute atomic E-state index is 6.06. The molecule has 2 N–H and O–H groups in total. The Hall–Kier alpha value is -0.550. The third-order valence-electron chi connectivity index (χ3n) is 2.60. The molecule has 2 heterocycles. The van der Waals surface area contributed by atoms with Crippen LogP contribution in [0.3, 0.4) is 0 Å². The van der Waals surface area contributed by atoms with Crippen LogP contribution >= 0.6 is 11.8 Å². The molecular formula is C9H16N4S. The molecule has 0 spiro atoms. The Morgan fingerprint density at radius 3 is 3.21 bits per heavy atom. The van der Waals surface area contributed by atoms with E-state index in [-0.39, 0.29) is 6.04 Å². The summed E-state index contributed by atoms with van der Waals surface area (Å²) in [5, 5.41) is 8.32. The second kappa shape index (κ2) is 4.31. The molecule has 0 bridgehead atoms. The van der Waals surface area contributed by atoms with Crippen molar-refractivity contribution in [2.75, 3.05) is 12.0 Å². The van der Waals surface area contributed by atoms with E-state index in [1.807, 2.05) is 11.8 Å².